The van der Waals surface area contributed by atoms with Crippen molar-refractivity contribution >= 4 is 10.9 Å². The predicted octanol–water partition coefficient (Wildman–Crippen LogP) is 5.57. The number of nitrogens with zero attached hydrogens (tertiary/aromatic N) is 1. The molecule has 4 heteroatoms. The van der Waals surface area contributed by atoms with Crippen LogP contribution in [0.25, 0.3) is 10.9 Å². The summed E-state index contributed by atoms with van der Waals surface area (Å²) in [7, 11) is 0. The van der Waals surface area contributed by atoms with E-state index >= 15 is 0 Å². The van der Waals surface area contributed by atoms with Crippen molar-refractivity contribution in [3.8, 4) is 5.75 Å². The topological polar surface area (TPSA) is 56.3 Å². The lowest BCUT2D eigenvalue weighted by atomic mass is 9.97. The Kier molecular flexibility index (Phi) is 6.74. The normalized spacial score (nSPS) is 13.6. The number of hydrogen-bond acceptors (Lipinski definition) is 3. The summed E-state index contributed by atoms with van der Waals surface area (Å²) in [4.78, 5) is 17.2. The summed E-state index contributed by atoms with van der Waals surface area (Å²) in [6.07, 6.45) is 5.20. The van der Waals surface area contributed by atoms with Gasteiger partial charge in [0, 0.05) is 30.6 Å². The fourth-order valence-corrected chi connectivity index (χ4v) is 5.66. The number of hydrogen-bond donors (Lipinski definition) is 2. The van der Waals surface area contributed by atoms with Gasteiger partial charge in [0.05, 0.1) is 5.52 Å². The van der Waals surface area contributed by atoms with Gasteiger partial charge < -0.3 is 10.1 Å². The summed E-state index contributed by atoms with van der Waals surface area (Å²) in [5.41, 5.74) is 8.80. The zero-order valence-electron chi connectivity index (χ0n) is 20.7. The molecule has 5 rings (SSSR count). The predicted molar refractivity (Wildman–Crippen MR) is 143 cm³/mol. The van der Waals surface area contributed by atoms with Crippen LogP contribution in [0.5, 0.6) is 5.75 Å². The lowest BCUT2D eigenvalue weighted by Gasteiger charge is -2.29. The summed E-state index contributed by atoms with van der Waals surface area (Å²) in [5, 5.41) is 11.2. The Morgan fingerprint density at radius 3 is 2.23 bits per heavy atom. The Morgan fingerprint density at radius 2 is 1.57 bits per heavy atom. The molecule has 0 bridgehead atoms. The van der Waals surface area contributed by atoms with Crippen LogP contribution >= 0.6 is 0 Å². The number of H-pyrrole nitrogens is 1. The minimum Gasteiger partial charge on any atom is -0.506 e. The zero-order valence-corrected chi connectivity index (χ0v) is 20.7. The first-order valence-corrected chi connectivity index (χ1v) is 12.8. The maximum Gasteiger partial charge on any atom is 0.248 e. The van der Waals surface area contributed by atoms with E-state index in [1.807, 2.05) is 12.1 Å². The summed E-state index contributed by atoms with van der Waals surface area (Å²) in [6.45, 7) is 6.33. The summed E-state index contributed by atoms with van der Waals surface area (Å²) in [6, 6.07) is 23.1. The molecule has 0 spiro atoms. The molecular weight excluding hydrogens is 432 g/mol. The molecule has 4 nitrogen and oxygen atoms in total. The number of phenolic OH excluding ortho intramolecular Hbond substituents is 1. The Labute approximate surface area is 207 Å². The van der Waals surface area contributed by atoms with Gasteiger partial charge in [-0.1, -0.05) is 62.4 Å². The molecule has 0 unspecified atom stereocenters. The Hall–Kier alpha value is -3.37. The number of phenols is 1. The SMILES string of the molecule is CCc1cc2c(cc1CC)CC(N(CCc1ccc(O)c3[nH]c(=O)ccc13)Cc1ccccc1)C2. The molecule has 0 saturated carbocycles. The molecule has 180 valence electrons. The quantitative estimate of drug-likeness (QED) is 0.357. The lowest BCUT2D eigenvalue weighted by Crippen LogP contribution is -2.37. The molecular formula is C31H34N2O2. The second-order valence-electron chi connectivity index (χ2n) is 9.72. The smallest absolute Gasteiger partial charge is 0.248 e. The molecule has 1 heterocycles. The van der Waals surface area contributed by atoms with E-state index in [0.29, 0.717) is 11.6 Å². The van der Waals surface area contributed by atoms with Gasteiger partial charge >= 0.3 is 0 Å². The first kappa shape index (κ1) is 23.4. The first-order valence-electron chi connectivity index (χ1n) is 12.8. The van der Waals surface area contributed by atoms with E-state index in [-0.39, 0.29) is 11.3 Å². The van der Waals surface area contributed by atoms with Crippen LogP contribution in [0, 0.1) is 0 Å². The summed E-state index contributed by atoms with van der Waals surface area (Å²) >= 11 is 0. The number of rotatable bonds is 8. The minimum atomic E-state index is -0.197. The van der Waals surface area contributed by atoms with E-state index < -0.39 is 0 Å². The number of aromatic nitrogens is 1. The summed E-state index contributed by atoms with van der Waals surface area (Å²) < 4.78 is 0. The molecule has 0 saturated heterocycles. The number of benzene rings is 3. The van der Waals surface area contributed by atoms with Crippen LogP contribution in [-0.2, 0) is 38.6 Å². The fourth-order valence-electron chi connectivity index (χ4n) is 5.66. The van der Waals surface area contributed by atoms with Gasteiger partial charge in [-0.3, -0.25) is 9.69 Å². The van der Waals surface area contributed by atoms with Crippen molar-refractivity contribution in [2.24, 2.45) is 0 Å². The molecule has 0 fully saturated rings. The minimum absolute atomic E-state index is 0.118. The maximum absolute atomic E-state index is 11.8. The second kappa shape index (κ2) is 10.1. The monoisotopic (exact) mass is 466 g/mol. The lowest BCUT2D eigenvalue weighted by molar-refractivity contribution is 0.195. The molecule has 0 amide bonds. The van der Waals surface area contributed by atoms with Gasteiger partial charge in [-0.05, 0) is 77.6 Å². The Morgan fingerprint density at radius 1 is 0.886 bits per heavy atom. The fraction of sp³-hybridized carbons (Fsp3) is 0.323. The van der Waals surface area contributed by atoms with Crippen molar-refractivity contribution < 1.29 is 5.11 Å². The highest BCUT2D eigenvalue weighted by atomic mass is 16.3. The third-order valence-corrected chi connectivity index (χ3v) is 7.57. The van der Waals surface area contributed by atoms with Crippen LogP contribution in [0.4, 0.5) is 0 Å². The molecule has 35 heavy (non-hydrogen) atoms. The largest absolute Gasteiger partial charge is 0.506 e. The molecule has 3 aromatic carbocycles. The van der Waals surface area contributed by atoms with E-state index in [2.05, 4.69) is 66.2 Å². The van der Waals surface area contributed by atoms with Crippen LogP contribution in [0.2, 0.25) is 0 Å². The molecule has 0 atom stereocenters. The van der Waals surface area contributed by atoms with Crippen molar-refractivity contribution in [1.29, 1.82) is 0 Å². The van der Waals surface area contributed by atoms with Crippen molar-refractivity contribution in [1.82, 2.24) is 9.88 Å². The van der Waals surface area contributed by atoms with Crippen LogP contribution in [0.15, 0.2) is 71.5 Å². The third kappa shape index (κ3) is 4.89. The number of fused-ring (bicyclic) bond motifs is 2. The van der Waals surface area contributed by atoms with Gasteiger partial charge in [-0.2, -0.15) is 0 Å². The number of aromatic amines is 1. The van der Waals surface area contributed by atoms with Gasteiger partial charge in [-0.15, -0.1) is 0 Å². The van der Waals surface area contributed by atoms with Gasteiger partial charge in [-0.25, -0.2) is 0 Å². The molecule has 2 N–H and O–H groups in total. The Bertz CT molecular complexity index is 1360. The van der Waals surface area contributed by atoms with Crippen molar-refractivity contribution in [3.63, 3.8) is 0 Å². The van der Waals surface area contributed by atoms with Crippen LogP contribution in [0.1, 0.15) is 47.2 Å². The number of nitrogens with one attached hydrogen (secondary N) is 1. The van der Waals surface area contributed by atoms with Gasteiger partial charge in [0.15, 0.2) is 0 Å². The van der Waals surface area contributed by atoms with E-state index in [4.69, 9.17) is 0 Å². The van der Waals surface area contributed by atoms with Crippen LogP contribution in [-0.4, -0.2) is 27.6 Å². The Balaban J connectivity index is 1.42. The zero-order chi connectivity index (χ0) is 24.4. The average molecular weight is 467 g/mol. The highest BCUT2D eigenvalue weighted by Gasteiger charge is 2.28. The molecule has 0 aliphatic heterocycles. The third-order valence-electron chi connectivity index (χ3n) is 7.57. The van der Waals surface area contributed by atoms with Crippen LogP contribution in [0.3, 0.4) is 0 Å². The van der Waals surface area contributed by atoms with Crippen molar-refractivity contribution in [2.45, 2.75) is 58.5 Å². The number of aromatic hydroxyl groups is 1. The molecule has 0 radical (unpaired) electrons. The number of pyridine rings is 1. The van der Waals surface area contributed by atoms with E-state index in [1.54, 1.807) is 6.07 Å². The molecule has 1 aliphatic rings. The highest BCUT2D eigenvalue weighted by molar-refractivity contribution is 5.87. The van der Waals surface area contributed by atoms with Crippen LogP contribution < -0.4 is 5.56 Å². The number of aryl methyl sites for hydroxylation is 2. The van der Waals surface area contributed by atoms with Gasteiger partial charge in [0.1, 0.15) is 5.75 Å². The standard InChI is InChI=1S/C31H34N2O2/c1-3-22-16-25-18-27(19-26(25)17-23(22)4-2)33(20-21-8-6-5-7-9-21)15-14-24-10-12-29(34)31-28(24)11-13-30(35)32-31/h5-13,16-17,27,34H,3-4,14-15,18-20H2,1-2H3,(H,32,35). The molecule has 4 aromatic rings. The second-order valence-corrected chi connectivity index (χ2v) is 9.72. The summed E-state index contributed by atoms with van der Waals surface area (Å²) in [5.74, 6) is 0.118. The molecule has 1 aromatic heterocycles. The van der Waals surface area contributed by atoms with E-state index in [1.165, 1.54) is 33.9 Å². The van der Waals surface area contributed by atoms with E-state index in [0.717, 1.165) is 56.1 Å². The van der Waals surface area contributed by atoms with Gasteiger partial charge in [0.2, 0.25) is 5.56 Å². The van der Waals surface area contributed by atoms with Crippen molar-refractivity contribution in [2.75, 3.05) is 6.54 Å². The van der Waals surface area contributed by atoms with Gasteiger partial charge in [0.25, 0.3) is 0 Å². The molecule has 1 aliphatic carbocycles. The van der Waals surface area contributed by atoms with E-state index in [9.17, 15) is 9.90 Å². The van der Waals surface area contributed by atoms with Crippen molar-refractivity contribution in [3.05, 3.63) is 110 Å². The maximum atomic E-state index is 11.8. The average Bonchev–Trinajstić information content (AvgIpc) is 3.30. The first-order chi connectivity index (χ1) is 17.1. The highest BCUT2D eigenvalue weighted by Crippen LogP contribution is 2.31.